The van der Waals surface area contributed by atoms with Crippen LogP contribution < -0.4 is 10.6 Å². The number of nitrogens with one attached hydrogen (secondary N) is 2. The third kappa shape index (κ3) is 19.1. The van der Waals surface area contributed by atoms with Crippen molar-refractivity contribution in [1.82, 2.24) is 15.6 Å². The van der Waals surface area contributed by atoms with Gasteiger partial charge in [0.2, 0.25) is 5.91 Å². The Kier molecular flexibility index (Phi) is 20.0. The molecule has 0 spiro atoms. The normalized spacial score (nSPS) is 12.7. The van der Waals surface area contributed by atoms with Crippen molar-refractivity contribution in [2.75, 3.05) is 6.54 Å². The quantitative estimate of drug-likeness (QED) is 0.123. The van der Waals surface area contributed by atoms with E-state index in [0.29, 0.717) is 44.2 Å². The van der Waals surface area contributed by atoms with Crippen LogP contribution in [-0.4, -0.2) is 40.5 Å². The molecule has 1 rings (SSSR count). The summed E-state index contributed by atoms with van der Waals surface area (Å²) in [6.07, 6.45) is 32.6. The van der Waals surface area contributed by atoms with Crippen LogP contribution in [0.2, 0.25) is 0 Å². The zero-order valence-corrected chi connectivity index (χ0v) is 23.3. The SMILES string of the molecule is CC/C=C\C/C=C\C/C=C\C/C=C\C/C=C\CCCC(=O)NC(CCCCNC(=O)c1cccnc1)C(=O)O. The van der Waals surface area contributed by atoms with E-state index in [0.717, 1.165) is 38.5 Å². The first kappa shape index (κ1) is 33.3. The van der Waals surface area contributed by atoms with Crippen molar-refractivity contribution < 1.29 is 19.5 Å². The Labute approximate surface area is 233 Å². The summed E-state index contributed by atoms with van der Waals surface area (Å²) in [6, 6.07) is 2.46. The summed E-state index contributed by atoms with van der Waals surface area (Å²) in [5, 5.41) is 14.8. The summed E-state index contributed by atoms with van der Waals surface area (Å²) in [5.41, 5.74) is 0.484. The van der Waals surface area contributed by atoms with Gasteiger partial charge in [-0.25, -0.2) is 4.79 Å². The van der Waals surface area contributed by atoms with E-state index in [9.17, 15) is 19.5 Å². The number of carboxylic acid groups (broad SMARTS) is 1. The van der Waals surface area contributed by atoms with Crippen molar-refractivity contribution in [3.05, 3.63) is 90.9 Å². The highest BCUT2D eigenvalue weighted by Crippen LogP contribution is 2.05. The third-order valence-electron chi connectivity index (χ3n) is 5.69. The molecule has 3 N–H and O–H groups in total. The standard InChI is InChI=1S/C32H45N3O4/c1-2-3-4-5-6-7-8-9-10-11-12-13-14-15-16-17-18-24-30(36)35-29(32(38)39)23-19-20-26-34-31(37)28-22-21-25-33-27-28/h3-4,6-7,9-10,12-13,15-16,21-22,25,27,29H,2,5,8,11,14,17-20,23-24,26H2,1H3,(H,34,37)(H,35,36)(H,38,39)/b4-3-,7-6-,10-9-,13-12-,16-15-. The van der Waals surface area contributed by atoms with Crippen molar-refractivity contribution in [3.8, 4) is 0 Å². The summed E-state index contributed by atoms with van der Waals surface area (Å²) in [5.74, 6) is -1.50. The molecule has 1 aromatic heterocycles. The van der Waals surface area contributed by atoms with Crippen LogP contribution in [0.1, 0.15) is 87.9 Å². The van der Waals surface area contributed by atoms with Crippen LogP contribution in [-0.2, 0) is 9.59 Å². The van der Waals surface area contributed by atoms with Gasteiger partial charge in [0.05, 0.1) is 5.56 Å². The molecule has 1 aromatic rings. The van der Waals surface area contributed by atoms with Crippen LogP contribution in [0.4, 0.5) is 0 Å². The second kappa shape index (κ2) is 23.4. The Hall–Kier alpha value is -3.74. The van der Waals surface area contributed by atoms with Crippen molar-refractivity contribution in [2.45, 2.75) is 83.6 Å². The molecule has 0 fully saturated rings. The third-order valence-corrected chi connectivity index (χ3v) is 5.69. The predicted octanol–water partition coefficient (Wildman–Crippen LogP) is 6.47. The van der Waals surface area contributed by atoms with E-state index < -0.39 is 12.0 Å². The van der Waals surface area contributed by atoms with Gasteiger partial charge < -0.3 is 15.7 Å². The molecule has 0 bridgehead atoms. The van der Waals surface area contributed by atoms with Crippen LogP contribution in [0.5, 0.6) is 0 Å². The van der Waals surface area contributed by atoms with Gasteiger partial charge in [0, 0.05) is 25.4 Å². The van der Waals surface area contributed by atoms with Crippen LogP contribution in [0, 0.1) is 0 Å². The highest BCUT2D eigenvalue weighted by Gasteiger charge is 2.19. The van der Waals surface area contributed by atoms with Gasteiger partial charge in [-0.2, -0.15) is 0 Å². The van der Waals surface area contributed by atoms with Gasteiger partial charge in [-0.05, 0) is 76.3 Å². The Morgan fingerprint density at radius 2 is 1.49 bits per heavy atom. The van der Waals surface area contributed by atoms with Gasteiger partial charge in [-0.3, -0.25) is 14.6 Å². The molecule has 39 heavy (non-hydrogen) atoms. The molecular formula is C32H45N3O4. The second-order valence-corrected chi connectivity index (χ2v) is 9.05. The lowest BCUT2D eigenvalue weighted by atomic mass is 10.1. The van der Waals surface area contributed by atoms with E-state index in [1.165, 1.54) is 6.20 Å². The molecule has 0 aliphatic heterocycles. The number of allylic oxidation sites excluding steroid dienone is 10. The summed E-state index contributed by atoms with van der Waals surface area (Å²) >= 11 is 0. The first-order valence-electron chi connectivity index (χ1n) is 14.0. The lowest BCUT2D eigenvalue weighted by molar-refractivity contribution is -0.142. The first-order valence-corrected chi connectivity index (χ1v) is 14.0. The van der Waals surface area contributed by atoms with E-state index in [1.54, 1.807) is 18.3 Å². The van der Waals surface area contributed by atoms with Crippen LogP contribution >= 0.6 is 0 Å². The smallest absolute Gasteiger partial charge is 0.326 e. The van der Waals surface area contributed by atoms with Crippen molar-refractivity contribution >= 4 is 17.8 Å². The Bertz CT molecular complexity index is 965. The van der Waals surface area contributed by atoms with Gasteiger partial charge in [-0.15, -0.1) is 0 Å². The molecular weight excluding hydrogens is 490 g/mol. The maximum atomic E-state index is 12.2. The molecule has 0 aromatic carbocycles. The fraction of sp³-hybridized carbons (Fsp3) is 0.438. The molecule has 0 saturated heterocycles. The largest absolute Gasteiger partial charge is 0.480 e. The molecule has 7 nitrogen and oxygen atoms in total. The summed E-state index contributed by atoms with van der Waals surface area (Å²) in [4.78, 5) is 39.6. The lowest BCUT2D eigenvalue weighted by Gasteiger charge is -2.14. The molecule has 2 amide bonds. The fourth-order valence-electron chi connectivity index (χ4n) is 3.55. The number of carbonyl (C=O) groups is 3. The highest BCUT2D eigenvalue weighted by atomic mass is 16.4. The van der Waals surface area contributed by atoms with Gasteiger partial charge in [0.15, 0.2) is 0 Å². The highest BCUT2D eigenvalue weighted by molar-refractivity contribution is 5.93. The number of pyridine rings is 1. The second-order valence-electron chi connectivity index (χ2n) is 9.05. The number of aliphatic carboxylic acids is 1. The van der Waals surface area contributed by atoms with Crippen molar-refractivity contribution in [3.63, 3.8) is 0 Å². The minimum absolute atomic E-state index is 0.210. The van der Waals surface area contributed by atoms with E-state index in [2.05, 4.69) is 83.3 Å². The number of carbonyl (C=O) groups excluding carboxylic acids is 2. The zero-order chi connectivity index (χ0) is 28.4. The maximum Gasteiger partial charge on any atom is 0.326 e. The van der Waals surface area contributed by atoms with Crippen molar-refractivity contribution in [2.24, 2.45) is 0 Å². The Balaban J connectivity index is 2.09. The van der Waals surface area contributed by atoms with E-state index >= 15 is 0 Å². The minimum atomic E-state index is -1.04. The number of rotatable bonds is 21. The van der Waals surface area contributed by atoms with E-state index in [1.807, 2.05) is 0 Å². The Morgan fingerprint density at radius 1 is 0.872 bits per heavy atom. The number of unbranched alkanes of at least 4 members (excludes halogenated alkanes) is 2. The van der Waals surface area contributed by atoms with Crippen LogP contribution in [0.3, 0.4) is 0 Å². The fourth-order valence-corrected chi connectivity index (χ4v) is 3.55. The minimum Gasteiger partial charge on any atom is -0.480 e. The molecule has 0 radical (unpaired) electrons. The summed E-state index contributed by atoms with van der Waals surface area (Å²) in [6.45, 7) is 2.57. The van der Waals surface area contributed by atoms with Gasteiger partial charge in [0.25, 0.3) is 5.91 Å². The zero-order valence-electron chi connectivity index (χ0n) is 23.3. The average molecular weight is 536 g/mol. The van der Waals surface area contributed by atoms with Crippen LogP contribution in [0.25, 0.3) is 0 Å². The number of hydrogen-bond donors (Lipinski definition) is 3. The molecule has 0 saturated carbocycles. The van der Waals surface area contributed by atoms with Gasteiger partial charge in [-0.1, -0.05) is 67.7 Å². The predicted molar refractivity (Wildman–Crippen MR) is 158 cm³/mol. The summed E-state index contributed by atoms with van der Waals surface area (Å²) < 4.78 is 0. The number of hydrogen-bond acceptors (Lipinski definition) is 4. The molecule has 1 unspecified atom stereocenters. The topological polar surface area (TPSA) is 108 Å². The molecule has 1 atom stereocenters. The summed E-state index contributed by atoms with van der Waals surface area (Å²) in [7, 11) is 0. The Morgan fingerprint density at radius 3 is 2.05 bits per heavy atom. The number of amides is 2. The molecule has 7 heteroatoms. The molecule has 1 heterocycles. The van der Waals surface area contributed by atoms with Gasteiger partial charge >= 0.3 is 5.97 Å². The van der Waals surface area contributed by atoms with Gasteiger partial charge in [0.1, 0.15) is 6.04 Å². The van der Waals surface area contributed by atoms with Crippen molar-refractivity contribution in [1.29, 1.82) is 0 Å². The molecule has 0 aliphatic carbocycles. The average Bonchev–Trinajstić information content (AvgIpc) is 2.94. The number of nitrogens with zero attached hydrogens (tertiary/aromatic N) is 1. The molecule has 0 aliphatic rings. The van der Waals surface area contributed by atoms with E-state index in [-0.39, 0.29) is 11.8 Å². The lowest BCUT2D eigenvalue weighted by Crippen LogP contribution is -2.40. The molecule has 212 valence electrons. The first-order chi connectivity index (χ1) is 19.0. The monoisotopic (exact) mass is 535 g/mol. The number of aromatic nitrogens is 1. The maximum absolute atomic E-state index is 12.2. The van der Waals surface area contributed by atoms with Crippen LogP contribution in [0.15, 0.2) is 85.3 Å². The van der Waals surface area contributed by atoms with E-state index in [4.69, 9.17) is 0 Å². The number of carboxylic acids is 1.